The zero-order valence-corrected chi connectivity index (χ0v) is 14.9. The highest BCUT2D eigenvalue weighted by atomic mass is 32.2. The van der Waals surface area contributed by atoms with Gasteiger partial charge in [0, 0.05) is 17.4 Å². The Labute approximate surface area is 147 Å². The summed E-state index contributed by atoms with van der Waals surface area (Å²) in [6, 6.07) is 14.1. The molecule has 0 unspecified atom stereocenters. The van der Waals surface area contributed by atoms with Crippen LogP contribution in [0.5, 0.6) is 5.75 Å². The van der Waals surface area contributed by atoms with E-state index in [4.69, 9.17) is 4.74 Å². The number of hydrogen-bond donors (Lipinski definition) is 1. The Hall–Kier alpha value is -2.54. The van der Waals surface area contributed by atoms with Gasteiger partial charge in [0.15, 0.2) is 0 Å². The van der Waals surface area contributed by atoms with E-state index in [1.165, 1.54) is 0 Å². The number of hydrogen-bond acceptors (Lipinski definition) is 4. The van der Waals surface area contributed by atoms with Crippen LogP contribution in [0.25, 0.3) is 0 Å². The van der Waals surface area contributed by atoms with Gasteiger partial charge in [0.1, 0.15) is 5.75 Å². The smallest absolute Gasteiger partial charge is 0.262 e. The quantitative estimate of drug-likeness (QED) is 0.859. The van der Waals surface area contributed by atoms with Crippen LogP contribution in [0.3, 0.4) is 0 Å². The van der Waals surface area contributed by atoms with Gasteiger partial charge in [-0.05, 0) is 49.2 Å². The standard InChI is InChI=1S/C18H20N2O4S/c1-24-17-6-4-3-5-16(17)18(21)20(15-11-12-15)14-9-7-13(8-10-14)19-25(2,22)23/h3-10,15,19H,11-12H2,1-2H3. The van der Waals surface area contributed by atoms with Crippen molar-refractivity contribution in [3.05, 3.63) is 54.1 Å². The second-order valence-corrected chi connectivity index (χ2v) is 7.78. The molecule has 0 bridgehead atoms. The molecule has 1 saturated carbocycles. The van der Waals surface area contributed by atoms with Crippen LogP contribution in [-0.4, -0.2) is 33.7 Å². The van der Waals surface area contributed by atoms with E-state index in [0.29, 0.717) is 17.0 Å². The summed E-state index contributed by atoms with van der Waals surface area (Å²) in [7, 11) is -1.79. The highest BCUT2D eigenvalue weighted by Crippen LogP contribution is 2.35. The number of carbonyl (C=O) groups is 1. The van der Waals surface area contributed by atoms with Crippen LogP contribution < -0.4 is 14.4 Å². The van der Waals surface area contributed by atoms with Crippen molar-refractivity contribution in [3.63, 3.8) is 0 Å². The number of nitrogens with zero attached hydrogens (tertiary/aromatic N) is 1. The van der Waals surface area contributed by atoms with E-state index in [2.05, 4.69) is 4.72 Å². The SMILES string of the molecule is COc1ccccc1C(=O)N(c1ccc(NS(C)(=O)=O)cc1)C1CC1. The fourth-order valence-corrected chi connectivity index (χ4v) is 3.25. The molecule has 2 aromatic rings. The average Bonchev–Trinajstić information content (AvgIpc) is 3.40. The third-order valence-electron chi connectivity index (χ3n) is 3.92. The molecule has 1 aliphatic rings. The van der Waals surface area contributed by atoms with Crippen molar-refractivity contribution < 1.29 is 17.9 Å². The van der Waals surface area contributed by atoms with Crippen molar-refractivity contribution in [3.8, 4) is 5.75 Å². The third kappa shape index (κ3) is 4.11. The molecule has 0 atom stereocenters. The normalized spacial score (nSPS) is 14.0. The van der Waals surface area contributed by atoms with E-state index in [1.54, 1.807) is 54.5 Å². The summed E-state index contributed by atoms with van der Waals surface area (Å²) >= 11 is 0. The minimum Gasteiger partial charge on any atom is -0.496 e. The molecule has 132 valence electrons. The zero-order valence-electron chi connectivity index (χ0n) is 14.1. The van der Waals surface area contributed by atoms with Crippen LogP contribution in [0.2, 0.25) is 0 Å². The fraction of sp³-hybridized carbons (Fsp3) is 0.278. The van der Waals surface area contributed by atoms with Gasteiger partial charge < -0.3 is 9.64 Å². The van der Waals surface area contributed by atoms with E-state index in [9.17, 15) is 13.2 Å². The zero-order chi connectivity index (χ0) is 18.0. The third-order valence-corrected chi connectivity index (χ3v) is 4.52. The number of anilines is 2. The lowest BCUT2D eigenvalue weighted by Gasteiger charge is -2.24. The number of para-hydroxylation sites is 1. The maximum atomic E-state index is 13.1. The van der Waals surface area contributed by atoms with Gasteiger partial charge in [-0.1, -0.05) is 12.1 Å². The molecule has 1 aliphatic carbocycles. The van der Waals surface area contributed by atoms with Gasteiger partial charge in [0.05, 0.1) is 18.9 Å². The minimum absolute atomic E-state index is 0.122. The second-order valence-electron chi connectivity index (χ2n) is 6.03. The summed E-state index contributed by atoms with van der Waals surface area (Å²) in [5.41, 5.74) is 1.71. The van der Waals surface area contributed by atoms with E-state index >= 15 is 0 Å². The lowest BCUT2D eigenvalue weighted by atomic mass is 10.1. The molecule has 3 rings (SSSR count). The van der Waals surface area contributed by atoms with Gasteiger partial charge in [-0.3, -0.25) is 9.52 Å². The fourth-order valence-electron chi connectivity index (χ4n) is 2.68. The number of carbonyl (C=O) groups excluding carboxylic acids is 1. The van der Waals surface area contributed by atoms with Gasteiger partial charge in [0.2, 0.25) is 10.0 Å². The Bertz CT molecular complexity index is 874. The Kier molecular flexibility index (Phi) is 4.67. The average molecular weight is 360 g/mol. The van der Waals surface area contributed by atoms with Crippen LogP contribution in [0.15, 0.2) is 48.5 Å². The largest absolute Gasteiger partial charge is 0.496 e. The van der Waals surface area contributed by atoms with Crippen LogP contribution in [0.4, 0.5) is 11.4 Å². The number of methoxy groups -OCH3 is 1. The highest BCUT2D eigenvalue weighted by Gasteiger charge is 2.35. The molecule has 0 aromatic heterocycles. The van der Waals surface area contributed by atoms with E-state index in [-0.39, 0.29) is 11.9 Å². The predicted molar refractivity (Wildman–Crippen MR) is 97.7 cm³/mol. The molecule has 2 aromatic carbocycles. The topological polar surface area (TPSA) is 75.7 Å². The summed E-state index contributed by atoms with van der Waals surface area (Å²) in [6.07, 6.45) is 3.00. The van der Waals surface area contributed by atoms with E-state index in [1.807, 2.05) is 6.07 Å². The summed E-state index contributed by atoms with van der Waals surface area (Å²) in [5.74, 6) is 0.414. The predicted octanol–water partition coefficient (Wildman–Crippen LogP) is 2.88. The molecular weight excluding hydrogens is 340 g/mol. The van der Waals surface area contributed by atoms with Gasteiger partial charge >= 0.3 is 0 Å². The molecular formula is C18H20N2O4S. The number of benzene rings is 2. The maximum absolute atomic E-state index is 13.1. The summed E-state index contributed by atoms with van der Waals surface area (Å²) in [5, 5.41) is 0. The summed E-state index contributed by atoms with van der Waals surface area (Å²) in [6.45, 7) is 0. The first-order valence-corrected chi connectivity index (χ1v) is 9.82. The highest BCUT2D eigenvalue weighted by molar-refractivity contribution is 7.92. The van der Waals surface area contributed by atoms with Crippen molar-refractivity contribution >= 4 is 27.3 Å². The Morgan fingerprint density at radius 3 is 2.32 bits per heavy atom. The lowest BCUT2D eigenvalue weighted by molar-refractivity contribution is 0.0982. The van der Waals surface area contributed by atoms with Crippen molar-refractivity contribution in [1.82, 2.24) is 0 Å². The number of nitrogens with one attached hydrogen (secondary N) is 1. The molecule has 6 nitrogen and oxygen atoms in total. The molecule has 0 saturated heterocycles. The van der Waals surface area contributed by atoms with Crippen LogP contribution in [-0.2, 0) is 10.0 Å². The second kappa shape index (κ2) is 6.76. The molecule has 7 heteroatoms. The first-order valence-electron chi connectivity index (χ1n) is 7.93. The molecule has 1 fully saturated rings. The molecule has 25 heavy (non-hydrogen) atoms. The minimum atomic E-state index is -3.33. The summed E-state index contributed by atoms with van der Waals surface area (Å²) < 4.78 is 30.3. The van der Waals surface area contributed by atoms with E-state index < -0.39 is 10.0 Å². The van der Waals surface area contributed by atoms with Crippen molar-refractivity contribution in [2.45, 2.75) is 18.9 Å². The molecule has 0 spiro atoms. The monoisotopic (exact) mass is 360 g/mol. The van der Waals surface area contributed by atoms with Crippen molar-refractivity contribution in [2.24, 2.45) is 0 Å². The number of rotatable bonds is 6. The van der Waals surface area contributed by atoms with Crippen LogP contribution >= 0.6 is 0 Å². The van der Waals surface area contributed by atoms with E-state index in [0.717, 1.165) is 24.8 Å². The van der Waals surface area contributed by atoms with Crippen molar-refractivity contribution in [2.75, 3.05) is 23.0 Å². The number of sulfonamides is 1. The maximum Gasteiger partial charge on any atom is 0.262 e. The molecule has 0 aliphatic heterocycles. The number of amides is 1. The molecule has 1 amide bonds. The van der Waals surface area contributed by atoms with Gasteiger partial charge in [-0.25, -0.2) is 8.42 Å². The Balaban J connectivity index is 1.90. The molecule has 0 heterocycles. The van der Waals surface area contributed by atoms with Crippen LogP contribution in [0, 0.1) is 0 Å². The van der Waals surface area contributed by atoms with Crippen molar-refractivity contribution in [1.29, 1.82) is 0 Å². The van der Waals surface area contributed by atoms with Gasteiger partial charge in [0.25, 0.3) is 5.91 Å². The summed E-state index contributed by atoms with van der Waals surface area (Å²) in [4.78, 5) is 14.8. The number of ether oxygens (including phenoxy) is 1. The first kappa shape index (κ1) is 17.3. The Morgan fingerprint density at radius 1 is 1.12 bits per heavy atom. The van der Waals surface area contributed by atoms with Crippen LogP contribution in [0.1, 0.15) is 23.2 Å². The van der Waals surface area contributed by atoms with Gasteiger partial charge in [-0.2, -0.15) is 0 Å². The first-order chi connectivity index (χ1) is 11.9. The molecule has 0 radical (unpaired) electrons. The molecule has 1 N–H and O–H groups in total. The van der Waals surface area contributed by atoms with Gasteiger partial charge in [-0.15, -0.1) is 0 Å². The lowest BCUT2D eigenvalue weighted by Crippen LogP contribution is -2.33. The Morgan fingerprint density at radius 2 is 1.76 bits per heavy atom.